The van der Waals surface area contributed by atoms with Gasteiger partial charge in [0, 0.05) is 26.8 Å². The third-order valence-electron chi connectivity index (χ3n) is 2.88. The number of nitrogens with one attached hydrogen (secondary N) is 2. The third-order valence-corrected chi connectivity index (χ3v) is 2.88. The molecule has 0 atom stereocenters. The summed E-state index contributed by atoms with van der Waals surface area (Å²) in [6, 6.07) is 0. The normalized spacial score (nSPS) is 11.2. The number of terminal acetylenes is 1. The predicted octanol–water partition coefficient (Wildman–Crippen LogP) is 0.219. The van der Waals surface area contributed by atoms with Crippen molar-refractivity contribution < 1.29 is 4.74 Å². The molecule has 0 aliphatic heterocycles. The number of ether oxygens (including phenoxy) is 1. The summed E-state index contributed by atoms with van der Waals surface area (Å²) in [7, 11) is 1.92. The number of aliphatic imine (C=N–C) groups is 1. The molecule has 0 fully saturated rings. The molecular formula is C14H24N6O. The molecule has 1 heterocycles. The second-order valence-electron chi connectivity index (χ2n) is 4.42. The van der Waals surface area contributed by atoms with Crippen LogP contribution in [0.5, 0.6) is 0 Å². The largest absolute Gasteiger partial charge is 0.382 e. The van der Waals surface area contributed by atoms with Crippen LogP contribution in [0.4, 0.5) is 0 Å². The molecule has 0 radical (unpaired) electrons. The summed E-state index contributed by atoms with van der Waals surface area (Å²) < 4.78 is 7.20. The molecule has 0 spiro atoms. The van der Waals surface area contributed by atoms with Gasteiger partial charge in [-0.15, -0.1) is 16.6 Å². The topological polar surface area (TPSA) is 76.4 Å². The molecule has 0 saturated carbocycles. The Morgan fingerprint density at radius 2 is 2.24 bits per heavy atom. The van der Waals surface area contributed by atoms with Gasteiger partial charge in [-0.25, -0.2) is 4.99 Å². The van der Waals surface area contributed by atoms with Crippen LogP contribution in [-0.4, -0.2) is 47.0 Å². The van der Waals surface area contributed by atoms with Gasteiger partial charge in [0.2, 0.25) is 0 Å². The highest BCUT2D eigenvalue weighted by molar-refractivity contribution is 5.79. The Labute approximate surface area is 126 Å². The molecule has 7 heteroatoms. The van der Waals surface area contributed by atoms with Gasteiger partial charge < -0.3 is 19.9 Å². The first kappa shape index (κ1) is 17.0. The molecule has 21 heavy (non-hydrogen) atoms. The maximum atomic E-state index is 5.29. The fourth-order valence-electron chi connectivity index (χ4n) is 1.57. The van der Waals surface area contributed by atoms with Crippen LogP contribution in [0.2, 0.25) is 0 Å². The van der Waals surface area contributed by atoms with Crippen LogP contribution in [-0.2, 0) is 18.3 Å². The number of rotatable bonds is 8. The van der Waals surface area contributed by atoms with Gasteiger partial charge >= 0.3 is 0 Å². The highest BCUT2D eigenvalue weighted by Gasteiger charge is 2.04. The first-order valence-corrected chi connectivity index (χ1v) is 7.07. The van der Waals surface area contributed by atoms with E-state index < -0.39 is 0 Å². The summed E-state index contributed by atoms with van der Waals surface area (Å²) in [5.41, 5.74) is 0. The molecule has 0 saturated heterocycles. The summed E-state index contributed by atoms with van der Waals surface area (Å²) in [4.78, 5) is 4.46. The van der Waals surface area contributed by atoms with Crippen LogP contribution in [0.15, 0.2) is 4.99 Å². The number of hydrogen-bond acceptors (Lipinski definition) is 4. The summed E-state index contributed by atoms with van der Waals surface area (Å²) in [5.74, 6) is 4.88. The third kappa shape index (κ3) is 6.27. The lowest BCUT2D eigenvalue weighted by molar-refractivity contribution is 0.145. The Bertz CT molecular complexity index is 488. The number of aryl methyl sites for hydroxylation is 1. The van der Waals surface area contributed by atoms with Crippen molar-refractivity contribution in [1.82, 2.24) is 25.4 Å². The fraction of sp³-hybridized carbons (Fsp3) is 0.643. The molecule has 0 unspecified atom stereocenters. The van der Waals surface area contributed by atoms with E-state index in [1.54, 1.807) is 0 Å². The van der Waals surface area contributed by atoms with E-state index in [2.05, 4.69) is 31.7 Å². The molecule has 1 rings (SSSR count). The minimum Gasteiger partial charge on any atom is -0.382 e. The van der Waals surface area contributed by atoms with E-state index in [0.29, 0.717) is 19.0 Å². The molecule has 116 valence electrons. The van der Waals surface area contributed by atoms with Gasteiger partial charge in [0.25, 0.3) is 0 Å². The zero-order valence-electron chi connectivity index (χ0n) is 13.0. The van der Waals surface area contributed by atoms with Crippen molar-refractivity contribution in [2.24, 2.45) is 12.0 Å². The Hall–Kier alpha value is -2.07. The molecule has 1 aromatic heterocycles. The molecular weight excluding hydrogens is 268 g/mol. The molecule has 0 bridgehead atoms. The van der Waals surface area contributed by atoms with Crippen molar-refractivity contribution in [2.45, 2.75) is 26.8 Å². The lowest BCUT2D eigenvalue weighted by Crippen LogP contribution is -2.38. The average Bonchev–Trinajstić information content (AvgIpc) is 2.80. The van der Waals surface area contributed by atoms with Crippen LogP contribution in [0.3, 0.4) is 0 Å². The summed E-state index contributed by atoms with van der Waals surface area (Å²) >= 11 is 0. The van der Waals surface area contributed by atoms with Gasteiger partial charge in [-0.05, 0) is 20.3 Å². The van der Waals surface area contributed by atoms with Gasteiger partial charge in [-0.1, -0.05) is 5.92 Å². The smallest absolute Gasteiger partial charge is 0.192 e. The zero-order valence-corrected chi connectivity index (χ0v) is 13.0. The Kier molecular flexibility index (Phi) is 7.90. The second-order valence-corrected chi connectivity index (χ2v) is 4.42. The van der Waals surface area contributed by atoms with Crippen LogP contribution >= 0.6 is 0 Å². The number of guanidine groups is 1. The Balaban J connectivity index is 2.49. The first-order valence-electron chi connectivity index (χ1n) is 7.07. The fourth-order valence-corrected chi connectivity index (χ4v) is 1.57. The van der Waals surface area contributed by atoms with Crippen LogP contribution < -0.4 is 10.6 Å². The summed E-state index contributed by atoms with van der Waals surface area (Å²) in [6.07, 6.45) is 6.17. The quantitative estimate of drug-likeness (QED) is 0.310. The van der Waals surface area contributed by atoms with Crippen molar-refractivity contribution in [3.63, 3.8) is 0 Å². The molecule has 0 aliphatic rings. The molecule has 7 nitrogen and oxygen atoms in total. The van der Waals surface area contributed by atoms with Crippen molar-refractivity contribution in [3.05, 3.63) is 11.6 Å². The highest BCUT2D eigenvalue weighted by Crippen LogP contribution is 1.98. The van der Waals surface area contributed by atoms with Crippen LogP contribution in [0.25, 0.3) is 0 Å². The Morgan fingerprint density at radius 3 is 2.86 bits per heavy atom. The summed E-state index contributed by atoms with van der Waals surface area (Å²) in [5, 5.41) is 14.4. The number of hydrogen-bond donors (Lipinski definition) is 2. The Morgan fingerprint density at radius 1 is 1.43 bits per heavy atom. The van der Waals surface area contributed by atoms with Gasteiger partial charge in [0.15, 0.2) is 11.8 Å². The van der Waals surface area contributed by atoms with Crippen molar-refractivity contribution in [3.8, 4) is 12.3 Å². The number of nitrogens with zero attached hydrogens (tertiary/aromatic N) is 4. The first-order chi connectivity index (χ1) is 10.2. The molecule has 0 amide bonds. The van der Waals surface area contributed by atoms with Gasteiger partial charge in [-0.2, -0.15) is 0 Å². The number of aromatic nitrogens is 3. The zero-order chi connectivity index (χ0) is 15.5. The lowest BCUT2D eigenvalue weighted by Gasteiger charge is -2.10. The van der Waals surface area contributed by atoms with Crippen molar-refractivity contribution in [2.75, 3.05) is 26.3 Å². The second kappa shape index (κ2) is 9.77. The molecule has 0 aliphatic carbocycles. The molecule has 0 aromatic carbocycles. The minimum absolute atomic E-state index is 0.426. The van der Waals surface area contributed by atoms with Crippen LogP contribution in [0, 0.1) is 19.3 Å². The van der Waals surface area contributed by atoms with Crippen molar-refractivity contribution in [1.29, 1.82) is 0 Å². The van der Waals surface area contributed by atoms with E-state index in [1.165, 1.54) is 0 Å². The standard InChI is InChI=1S/C14H24N6O/c1-5-8-15-14(16-9-7-10-21-6-2)17-11-13-19-18-12(3)20(13)4/h1H,6-11H2,2-4H3,(H2,15,16,17). The van der Waals surface area contributed by atoms with E-state index >= 15 is 0 Å². The van der Waals surface area contributed by atoms with E-state index in [9.17, 15) is 0 Å². The van der Waals surface area contributed by atoms with Crippen LogP contribution in [0.1, 0.15) is 25.0 Å². The monoisotopic (exact) mass is 292 g/mol. The molecule has 1 aromatic rings. The maximum Gasteiger partial charge on any atom is 0.192 e. The minimum atomic E-state index is 0.426. The average molecular weight is 292 g/mol. The van der Waals surface area contributed by atoms with Gasteiger partial charge in [0.05, 0.1) is 6.54 Å². The van der Waals surface area contributed by atoms with Gasteiger partial charge in [-0.3, -0.25) is 0 Å². The van der Waals surface area contributed by atoms with E-state index in [-0.39, 0.29) is 0 Å². The maximum absolute atomic E-state index is 5.29. The lowest BCUT2D eigenvalue weighted by atomic mass is 10.4. The van der Waals surface area contributed by atoms with Crippen molar-refractivity contribution >= 4 is 5.96 Å². The predicted molar refractivity (Wildman–Crippen MR) is 82.8 cm³/mol. The van der Waals surface area contributed by atoms with Gasteiger partial charge in [0.1, 0.15) is 12.4 Å². The van der Waals surface area contributed by atoms with E-state index in [0.717, 1.165) is 37.8 Å². The highest BCUT2D eigenvalue weighted by atomic mass is 16.5. The summed E-state index contributed by atoms with van der Waals surface area (Å²) in [6.45, 7) is 7.00. The SMILES string of the molecule is C#CCNC(=NCc1nnc(C)n1C)NCCCOCC. The molecule has 2 N–H and O–H groups in total. The van der Waals surface area contributed by atoms with E-state index in [4.69, 9.17) is 11.2 Å². The van der Waals surface area contributed by atoms with E-state index in [1.807, 2.05) is 25.5 Å².